The lowest BCUT2D eigenvalue weighted by Gasteiger charge is -2.05. The maximum atomic E-state index is 12.0. The van der Waals surface area contributed by atoms with E-state index < -0.39 is 10.9 Å². The van der Waals surface area contributed by atoms with Gasteiger partial charge < -0.3 is 10.1 Å². The molecule has 1 heterocycles. The first-order chi connectivity index (χ1) is 13.5. The molecule has 3 aromatic rings. The van der Waals surface area contributed by atoms with Crippen molar-refractivity contribution in [3.63, 3.8) is 0 Å². The van der Waals surface area contributed by atoms with Crippen molar-refractivity contribution in [3.8, 4) is 5.75 Å². The molecular weight excluding hydrogens is 380 g/mol. The van der Waals surface area contributed by atoms with Gasteiger partial charge in [-0.2, -0.15) is 0 Å². The van der Waals surface area contributed by atoms with Crippen LogP contribution in [0.3, 0.4) is 0 Å². The molecule has 140 valence electrons. The predicted octanol–water partition coefficient (Wildman–Crippen LogP) is 4.53. The highest BCUT2D eigenvalue weighted by Gasteiger charge is 2.08. The Kier molecular flexibility index (Phi) is 5.93. The Morgan fingerprint density at radius 2 is 1.86 bits per heavy atom. The molecule has 0 saturated carbocycles. The monoisotopic (exact) mass is 394 g/mol. The lowest BCUT2D eigenvalue weighted by Crippen LogP contribution is -2.10. The molecule has 0 unspecified atom stereocenters. The maximum absolute atomic E-state index is 12.0. The first-order valence-electron chi connectivity index (χ1n) is 8.10. The summed E-state index contributed by atoms with van der Waals surface area (Å²) < 4.78 is 5.18. The van der Waals surface area contributed by atoms with Crippen LogP contribution in [0.1, 0.15) is 15.2 Å². The minimum Gasteiger partial charge on any atom is -0.423 e. The Bertz CT molecular complexity index is 1030. The van der Waals surface area contributed by atoms with Crippen LogP contribution in [-0.2, 0) is 4.79 Å². The third-order valence-corrected chi connectivity index (χ3v) is 4.44. The summed E-state index contributed by atoms with van der Waals surface area (Å²) in [6.45, 7) is 0. The van der Waals surface area contributed by atoms with Gasteiger partial charge >= 0.3 is 5.97 Å². The number of benzene rings is 2. The molecule has 2 aromatic carbocycles. The van der Waals surface area contributed by atoms with Gasteiger partial charge in [-0.25, -0.2) is 4.79 Å². The summed E-state index contributed by atoms with van der Waals surface area (Å²) >= 11 is 1.34. The third-order valence-electron chi connectivity index (χ3n) is 3.57. The number of ether oxygens (including phenoxy) is 1. The molecule has 0 aliphatic heterocycles. The summed E-state index contributed by atoms with van der Waals surface area (Å²) in [6.07, 6.45) is 2.62. The Morgan fingerprint density at radius 3 is 2.54 bits per heavy atom. The summed E-state index contributed by atoms with van der Waals surface area (Å²) in [5.74, 6) is -0.524. The van der Waals surface area contributed by atoms with E-state index in [-0.39, 0.29) is 11.6 Å². The number of nitro benzene ring substituents is 1. The zero-order valence-electron chi connectivity index (χ0n) is 14.4. The number of non-ortho nitro benzene ring substituents is 1. The normalized spacial score (nSPS) is 10.6. The van der Waals surface area contributed by atoms with E-state index >= 15 is 0 Å². The smallest absolute Gasteiger partial charge is 0.336 e. The van der Waals surface area contributed by atoms with Crippen molar-refractivity contribution in [2.24, 2.45) is 0 Å². The number of rotatable bonds is 6. The number of nitro groups is 1. The van der Waals surface area contributed by atoms with Gasteiger partial charge in [0.15, 0.2) is 0 Å². The van der Waals surface area contributed by atoms with Crippen LogP contribution in [0.4, 0.5) is 11.4 Å². The van der Waals surface area contributed by atoms with Gasteiger partial charge in [0.05, 0.1) is 9.80 Å². The lowest BCUT2D eigenvalue weighted by atomic mass is 10.2. The summed E-state index contributed by atoms with van der Waals surface area (Å²) in [5.41, 5.74) is 1.03. The number of amides is 1. The molecule has 0 spiro atoms. The second-order valence-corrected chi connectivity index (χ2v) is 6.51. The van der Waals surface area contributed by atoms with Gasteiger partial charge in [0.2, 0.25) is 0 Å². The van der Waals surface area contributed by atoms with Crippen molar-refractivity contribution in [2.45, 2.75) is 0 Å². The molecule has 8 heteroatoms. The quantitative estimate of drug-likeness (QED) is 0.218. The molecule has 1 N–H and O–H groups in total. The number of esters is 1. The van der Waals surface area contributed by atoms with Crippen molar-refractivity contribution in [1.29, 1.82) is 0 Å². The van der Waals surface area contributed by atoms with E-state index in [2.05, 4.69) is 5.32 Å². The molecule has 0 aliphatic rings. The van der Waals surface area contributed by atoms with E-state index in [1.165, 1.54) is 41.7 Å². The molecule has 0 saturated heterocycles. The number of hydrogen-bond acceptors (Lipinski definition) is 6. The number of nitrogens with one attached hydrogen (secondary N) is 1. The number of nitrogens with zero attached hydrogens (tertiary/aromatic N) is 1. The fraction of sp³-hybridized carbons (Fsp3) is 0. The Labute approximate surface area is 164 Å². The molecule has 0 bridgehead atoms. The van der Waals surface area contributed by atoms with Crippen molar-refractivity contribution in [1.82, 2.24) is 0 Å². The van der Waals surface area contributed by atoms with Gasteiger partial charge in [0, 0.05) is 23.9 Å². The number of thiophene rings is 1. The summed E-state index contributed by atoms with van der Waals surface area (Å²) in [5, 5.41) is 15.3. The van der Waals surface area contributed by atoms with Gasteiger partial charge in [0.25, 0.3) is 11.6 Å². The maximum Gasteiger partial charge on any atom is 0.336 e. The minimum atomic E-state index is -0.623. The molecule has 0 fully saturated rings. The van der Waals surface area contributed by atoms with Crippen LogP contribution in [0, 0.1) is 10.1 Å². The molecule has 0 radical (unpaired) electrons. The van der Waals surface area contributed by atoms with E-state index in [1.807, 2.05) is 5.38 Å². The molecule has 1 aromatic heterocycles. The van der Waals surface area contributed by atoms with E-state index in [9.17, 15) is 19.7 Å². The largest absolute Gasteiger partial charge is 0.423 e. The standard InChI is InChI=1S/C20H14N2O5S/c23-19(11-6-14-3-1-4-16(13-14)22(25)26)27-17-9-7-15(8-10-17)21-20(24)18-5-2-12-28-18/h1-13H,(H,21,24)/b11-6+. The lowest BCUT2D eigenvalue weighted by molar-refractivity contribution is -0.384. The second-order valence-electron chi connectivity index (χ2n) is 5.56. The average molecular weight is 394 g/mol. The van der Waals surface area contributed by atoms with E-state index in [1.54, 1.807) is 42.5 Å². The van der Waals surface area contributed by atoms with Crippen LogP contribution in [-0.4, -0.2) is 16.8 Å². The van der Waals surface area contributed by atoms with Gasteiger partial charge in [0.1, 0.15) is 5.75 Å². The minimum absolute atomic E-state index is 0.0595. The van der Waals surface area contributed by atoms with Crippen molar-refractivity contribution in [3.05, 3.63) is 92.7 Å². The van der Waals surface area contributed by atoms with Gasteiger partial charge in [-0.3, -0.25) is 14.9 Å². The van der Waals surface area contributed by atoms with Crippen LogP contribution in [0.5, 0.6) is 5.75 Å². The molecule has 7 nitrogen and oxygen atoms in total. The zero-order chi connectivity index (χ0) is 19.9. The van der Waals surface area contributed by atoms with E-state index in [0.717, 1.165) is 0 Å². The Morgan fingerprint density at radius 1 is 1.07 bits per heavy atom. The van der Waals surface area contributed by atoms with Gasteiger partial charge in [-0.15, -0.1) is 11.3 Å². The van der Waals surface area contributed by atoms with Crippen molar-refractivity contribution >= 4 is 40.7 Å². The number of anilines is 1. The zero-order valence-corrected chi connectivity index (χ0v) is 15.2. The molecular formula is C20H14N2O5S. The SMILES string of the molecule is O=C(/C=C/c1cccc([N+](=O)[O-])c1)Oc1ccc(NC(=O)c2cccs2)cc1. The van der Waals surface area contributed by atoms with Crippen LogP contribution < -0.4 is 10.1 Å². The summed E-state index contributed by atoms with van der Waals surface area (Å²) in [4.78, 5) is 34.7. The number of carbonyl (C=O) groups is 2. The number of hydrogen-bond donors (Lipinski definition) is 1. The van der Waals surface area contributed by atoms with Crippen LogP contribution in [0.2, 0.25) is 0 Å². The fourth-order valence-electron chi connectivity index (χ4n) is 2.26. The Balaban J connectivity index is 1.57. The van der Waals surface area contributed by atoms with E-state index in [4.69, 9.17) is 4.74 Å². The highest BCUT2D eigenvalue weighted by molar-refractivity contribution is 7.12. The highest BCUT2D eigenvalue weighted by atomic mass is 32.1. The second kappa shape index (κ2) is 8.74. The van der Waals surface area contributed by atoms with Crippen molar-refractivity contribution in [2.75, 3.05) is 5.32 Å². The van der Waals surface area contributed by atoms with Gasteiger partial charge in [-0.05, 0) is 47.4 Å². The average Bonchev–Trinajstić information content (AvgIpc) is 3.23. The topological polar surface area (TPSA) is 98.5 Å². The van der Waals surface area contributed by atoms with Crippen LogP contribution in [0.15, 0.2) is 72.1 Å². The third kappa shape index (κ3) is 5.12. The molecule has 0 atom stereocenters. The highest BCUT2D eigenvalue weighted by Crippen LogP contribution is 2.18. The Hall–Kier alpha value is -3.78. The van der Waals surface area contributed by atoms with Crippen LogP contribution in [0.25, 0.3) is 6.08 Å². The molecule has 28 heavy (non-hydrogen) atoms. The predicted molar refractivity (Wildman–Crippen MR) is 106 cm³/mol. The molecule has 1 amide bonds. The van der Waals surface area contributed by atoms with Gasteiger partial charge in [-0.1, -0.05) is 18.2 Å². The molecule has 3 rings (SSSR count). The van der Waals surface area contributed by atoms with Crippen LogP contribution >= 0.6 is 11.3 Å². The first kappa shape index (κ1) is 19.0. The number of carbonyl (C=O) groups excluding carboxylic acids is 2. The molecule has 0 aliphatic carbocycles. The first-order valence-corrected chi connectivity index (χ1v) is 8.98. The van der Waals surface area contributed by atoms with Crippen molar-refractivity contribution < 1.29 is 19.2 Å². The van der Waals surface area contributed by atoms with E-state index in [0.29, 0.717) is 21.9 Å². The fourth-order valence-corrected chi connectivity index (χ4v) is 2.88. The summed E-state index contributed by atoms with van der Waals surface area (Å²) in [6, 6.07) is 15.8. The summed E-state index contributed by atoms with van der Waals surface area (Å²) in [7, 11) is 0.